The number of benzene rings is 2. The number of nitro benzene ring substituents is 1. The molecule has 9 heteroatoms. The van der Waals surface area contributed by atoms with Crippen molar-refractivity contribution in [1.29, 1.82) is 0 Å². The highest BCUT2D eigenvalue weighted by Crippen LogP contribution is 2.34. The fraction of sp³-hybridized carbons (Fsp3) is 0. The molecule has 144 valence electrons. The Morgan fingerprint density at radius 2 is 1.83 bits per heavy atom. The van der Waals surface area contributed by atoms with Crippen LogP contribution in [0, 0.1) is 10.1 Å². The van der Waals surface area contributed by atoms with Crippen LogP contribution in [0.3, 0.4) is 0 Å². The van der Waals surface area contributed by atoms with E-state index in [1.807, 2.05) is 0 Å². The number of urea groups is 1. The predicted octanol–water partition coefficient (Wildman–Crippen LogP) is 4.61. The van der Waals surface area contributed by atoms with Gasteiger partial charge in [0.2, 0.25) is 0 Å². The van der Waals surface area contributed by atoms with Gasteiger partial charge in [0, 0.05) is 17.2 Å². The van der Waals surface area contributed by atoms with Gasteiger partial charge < -0.3 is 9.73 Å². The first-order chi connectivity index (χ1) is 13.9. The summed E-state index contributed by atoms with van der Waals surface area (Å²) < 4.78 is 5.64. The van der Waals surface area contributed by atoms with Crippen molar-refractivity contribution < 1.29 is 18.9 Å². The number of anilines is 1. The van der Waals surface area contributed by atoms with Gasteiger partial charge in [0.15, 0.2) is 0 Å². The molecule has 0 aliphatic carbocycles. The zero-order chi connectivity index (χ0) is 20.5. The molecule has 1 saturated heterocycles. The minimum Gasteiger partial charge on any atom is -0.456 e. The van der Waals surface area contributed by atoms with Gasteiger partial charge >= 0.3 is 6.03 Å². The quantitative estimate of drug-likeness (QED) is 0.293. The number of halogens is 1. The number of nitrogens with one attached hydrogen (secondary N) is 1. The van der Waals surface area contributed by atoms with E-state index in [2.05, 4.69) is 5.32 Å². The standard InChI is InChI=1S/C20H12ClN3O5/c21-12-6-8-15(17(10-12)24(27)28)18-9-7-14(29-18)11-16-19(25)23(20(26)22-16)13-4-2-1-3-5-13/h1-11H,(H,22,26)/b16-11+. The van der Waals surface area contributed by atoms with Crippen LogP contribution >= 0.6 is 11.6 Å². The first-order valence-electron chi connectivity index (χ1n) is 8.40. The number of nitro groups is 1. The molecule has 0 saturated carbocycles. The lowest BCUT2D eigenvalue weighted by Gasteiger charge is -2.10. The largest absolute Gasteiger partial charge is 0.456 e. The number of carbonyl (C=O) groups excluding carboxylic acids is 2. The number of nitrogens with zero attached hydrogens (tertiary/aromatic N) is 2. The van der Waals surface area contributed by atoms with E-state index in [1.54, 1.807) is 42.5 Å². The van der Waals surface area contributed by atoms with Crippen LogP contribution in [0.15, 0.2) is 70.8 Å². The Morgan fingerprint density at radius 3 is 2.55 bits per heavy atom. The number of imide groups is 1. The van der Waals surface area contributed by atoms with E-state index in [9.17, 15) is 19.7 Å². The molecule has 2 aromatic carbocycles. The molecule has 1 fully saturated rings. The minimum atomic E-state index is -0.576. The van der Waals surface area contributed by atoms with Crippen molar-refractivity contribution in [3.8, 4) is 11.3 Å². The summed E-state index contributed by atoms with van der Waals surface area (Å²) in [5.41, 5.74) is 0.518. The number of carbonyl (C=O) groups is 2. The maximum atomic E-state index is 12.6. The molecule has 4 rings (SSSR count). The van der Waals surface area contributed by atoms with Crippen LogP contribution in [0.25, 0.3) is 17.4 Å². The zero-order valence-electron chi connectivity index (χ0n) is 14.7. The van der Waals surface area contributed by atoms with Crippen LogP contribution in [-0.2, 0) is 4.79 Å². The lowest BCUT2D eigenvalue weighted by Crippen LogP contribution is -2.30. The lowest BCUT2D eigenvalue weighted by atomic mass is 10.1. The summed E-state index contributed by atoms with van der Waals surface area (Å²) >= 11 is 5.83. The summed E-state index contributed by atoms with van der Waals surface area (Å²) in [5, 5.41) is 14.0. The number of hydrogen-bond donors (Lipinski definition) is 1. The highest BCUT2D eigenvalue weighted by Gasteiger charge is 2.35. The second kappa shape index (κ2) is 7.25. The Hall–Kier alpha value is -3.91. The van der Waals surface area contributed by atoms with E-state index in [0.717, 1.165) is 4.90 Å². The van der Waals surface area contributed by atoms with Crippen molar-refractivity contribution in [1.82, 2.24) is 5.32 Å². The third-order valence-electron chi connectivity index (χ3n) is 4.23. The number of furan rings is 1. The van der Waals surface area contributed by atoms with Crippen molar-refractivity contribution in [3.63, 3.8) is 0 Å². The number of amides is 3. The van der Waals surface area contributed by atoms with Crippen molar-refractivity contribution >= 4 is 41.0 Å². The summed E-state index contributed by atoms with van der Waals surface area (Å²) in [6.07, 6.45) is 1.37. The summed E-state index contributed by atoms with van der Waals surface area (Å²) in [6, 6.07) is 15.2. The van der Waals surface area contributed by atoms with Crippen molar-refractivity contribution in [2.45, 2.75) is 0 Å². The fourth-order valence-corrected chi connectivity index (χ4v) is 3.09. The highest BCUT2D eigenvalue weighted by molar-refractivity contribution is 6.31. The Labute approximate surface area is 169 Å². The van der Waals surface area contributed by atoms with Gasteiger partial charge in [-0.1, -0.05) is 29.8 Å². The fourth-order valence-electron chi connectivity index (χ4n) is 2.93. The second-order valence-corrected chi connectivity index (χ2v) is 6.52. The average Bonchev–Trinajstić information content (AvgIpc) is 3.27. The summed E-state index contributed by atoms with van der Waals surface area (Å²) in [4.78, 5) is 36.5. The lowest BCUT2D eigenvalue weighted by molar-refractivity contribution is -0.384. The molecule has 0 spiro atoms. The maximum absolute atomic E-state index is 12.6. The van der Waals surface area contributed by atoms with Gasteiger partial charge in [-0.25, -0.2) is 9.69 Å². The van der Waals surface area contributed by atoms with Crippen LogP contribution in [0.4, 0.5) is 16.2 Å². The topological polar surface area (TPSA) is 106 Å². The van der Waals surface area contributed by atoms with Crippen LogP contribution < -0.4 is 10.2 Å². The Morgan fingerprint density at radius 1 is 1.07 bits per heavy atom. The molecule has 2 heterocycles. The van der Waals surface area contributed by atoms with E-state index in [0.29, 0.717) is 5.69 Å². The van der Waals surface area contributed by atoms with Crippen molar-refractivity contribution in [3.05, 3.63) is 87.3 Å². The zero-order valence-corrected chi connectivity index (χ0v) is 15.4. The number of rotatable bonds is 4. The third kappa shape index (κ3) is 3.48. The van der Waals surface area contributed by atoms with Crippen molar-refractivity contribution in [2.75, 3.05) is 4.90 Å². The molecule has 8 nitrogen and oxygen atoms in total. The van der Waals surface area contributed by atoms with Crippen molar-refractivity contribution in [2.24, 2.45) is 0 Å². The molecule has 1 aliphatic rings. The van der Waals surface area contributed by atoms with Gasteiger partial charge in [-0.3, -0.25) is 14.9 Å². The van der Waals surface area contributed by atoms with Gasteiger partial charge in [-0.2, -0.15) is 0 Å². The molecule has 3 aromatic rings. The van der Waals surface area contributed by atoms with Gasteiger partial charge in [0.25, 0.3) is 11.6 Å². The minimum absolute atomic E-state index is 0.0327. The maximum Gasteiger partial charge on any atom is 0.333 e. The van der Waals surface area contributed by atoms with Gasteiger partial charge in [-0.15, -0.1) is 0 Å². The van der Waals surface area contributed by atoms with Gasteiger partial charge in [-0.05, 0) is 36.4 Å². The summed E-state index contributed by atoms with van der Waals surface area (Å²) in [7, 11) is 0. The van der Waals surface area contributed by atoms with Crippen LogP contribution in [0.1, 0.15) is 5.76 Å². The number of para-hydroxylation sites is 1. The van der Waals surface area contributed by atoms with E-state index in [-0.39, 0.29) is 33.5 Å². The highest BCUT2D eigenvalue weighted by atomic mass is 35.5. The predicted molar refractivity (Wildman–Crippen MR) is 106 cm³/mol. The average molecular weight is 410 g/mol. The van der Waals surface area contributed by atoms with Crippen LogP contribution in [0.2, 0.25) is 5.02 Å². The van der Waals surface area contributed by atoms with E-state index < -0.39 is 16.9 Å². The van der Waals surface area contributed by atoms with E-state index in [4.69, 9.17) is 16.0 Å². The molecule has 0 radical (unpaired) electrons. The van der Waals surface area contributed by atoms with Crippen LogP contribution in [0.5, 0.6) is 0 Å². The second-order valence-electron chi connectivity index (χ2n) is 6.08. The normalized spacial score (nSPS) is 15.1. The van der Waals surface area contributed by atoms with Crippen LogP contribution in [-0.4, -0.2) is 16.9 Å². The summed E-state index contributed by atoms with van der Waals surface area (Å²) in [6.45, 7) is 0. The molecule has 0 bridgehead atoms. The first kappa shape index (κ1) is 18.5. The van der Waals surface area contributed by atoms with E-state index >= 15 is 0 Å². The molecule has 1 aliphatic heterocycles. The number of hydrogen-bond acceptors (Lipinski definition) is 5. The molecule has 1 aromatic heterocycles. The first-order valence-corrected chi connectivity index (χ1v) is 8.78. The summed E-state index contributed by atoms with van der Waals surface area (Å²) in [5.74, 6) is -0.0451. The Balaban J connectivity index is 1.65. The molecule has 29 heavy (non-hydrogen) atoms. The molecular formula is C20H12ClN3O5. The Bertz CT molecular complexity index is 1170. The SMILES string of the molecule is O=C1N/C(=C/c2ccc(-c3ccc(Cl)cc3[N+](=O)[O-])o2)C(=O)N1c1ccccc1. The molecule has 3 amide bonds. The van der Waals surface area contributed by atoms with Gasteiger partial charge in [0.05, 0.1) is 16.2 Å². The molecular weight excluding hydrogens is 398 g/mol. The third-order valence-corrected chi connectivity index (χ3v) is 4.46. The molecule has 0 unspecified atom stereocenters. The molecule has 1 N–H and O–H groups in total. The Kier molecular flexibility index (Phi) is 4.61. The van der Waals surface area contributed by atoms with Gasteiger partial charge in [0.1, 0.15) is 17.2 Å². The van der Waals surface area contributed by atoms with E-state index in [1.165, 1.54) is 24.3 Å². The molecule has 0 atom stereocenters. The smallest absolute Gasteiger partial charge is 0.333 e. The monoisotopic (exact) mass is 409 g/mol.